The molecule has 6 heteroatoms. The van der Waals surface area contributed by atoms with E-state index in [4.69, 9.17) is 13.3 Å². The van der Waals surface area contributed by atoms with Crippen LogP contribution in [-0.4, -0.2) is 44.9 Å². The van der Waals surface area contributed by atoms with Crippen molar-refractivity contribution in [3.05, 3.63) is 30.3 Å². The van der Waals surface area contributed by atoms with Gasteiger partial charge in [-0.2, -0.15) is 0 Å². The van der Waals surface area contributed by atoms with Crippen LogP contribution in [0.2, 0.25) is 24.2 Å². The molecule has 0 spiro atoms. The van der Waals surface area contributed by atoms with Crippen molar-refractivity contribution >= 4 is 22.7 Å². The van der Waals surface area contributed by atoms with E-state index in [-0.39, 0.29) is 0 Å². The highest BCUT2D eigenvalue weighted by atomic mass is 28.4. The van der Waals surface area contributed by atoms with Crippen LogP contribution in [0, 0.1) is 0 Å². The molecule has 25 heavy (non-hydrogen) atoms. The standard InChI is InChI=1S/C19H37NO3Si2/c1-19(2,3)24(7,8)20(18-14-10-9-11-15-18)16-12-13-17-25(21-4,22-5)23-6/h9-11,14-15H,12-13,16-17H2,1-8H3. The summed E-state index contributed by atoms with van der Waals surface area (Å²) in [7, 11) is 0.953. The zero-order valence-corrected chi connectivity index (χ0v) is 19.4. The van der Waals surface area contributed by atoms with Gasteiger partial charge in [0.1, 0.15) is 0 Å². The lowest BCUT2D eigenvalue weighted by molar-refractivity contribution is 0.123. The number of hydrogen-bond donors (Lipinski definition) is 0. The Morgan fingerprint density at radius 2 is 1.40 bits per heavy atom. The Balaban J connectivity index is 2.83. The van der Waals surface area contributed by atoms with Crippen molar-refractivity contribution in [3.63, 3.8) is 0 Å². The zero-order chi connectivity index (χ0) is 19.1. The Bertz CT molecular complexity index is 491. The van der Waals surface area contributed by atoms with Crippen molar-refractivity contribution in [2.75, 3.05) is 32.4 Å². The first-order chi connectivity index (χ1) is 11.6. The average Bonchev–Trinajstić information content (AvgIpc) is 2.58. The fourth-order valence-electron chi connectivity index (χ4n) is 2.91. The van der Waals surface area contributed by atoms with E-state index in [1.165, 1.54) is 5.69 Å². The molecule has 0 aliphatic heterocycles. The van der Waals surface area contributed by atoms with Gasteiger partial charge in [0.2, 0.25) is 0 Å². The largest absolute Gasteiger partial charge is 0.500 e. The molecule has 0 amide bonds. The Morgan fingerprint density at radius 1 is 0.880 bits per heavy atom. The predicted octanol–water partition coefficient (Wildman–Crippen LogP) is 5.16. The maximum absolute atomic E-state index is 5.54. The minimum absolute atomic E-state index is 0.299. The summed E-state index contributed by atoms with van der Waals surface area (Å²) in [6.45, 7) is 13.1. The molecule has 0 radical (unpaired) electrons. The summed E-state index contributed by atoms with van der Waals surface area (Å²) in [4.78, 5) is 0. The second-order valence-electron chi connectivity index (χ2n) is 8.05. The third-order valence-electron chi connectivity index (χ3n) is 5.63. The molecule has 0 unspecified atom stereocenters. The van der Waals surface area contributed by atoms with Gasteiger partial charge < -0.3 is 17.8 Å². The van der Waals surface area contributed by atoms with E-state index in [0.29, 0.717) is 5.04 Å². The molecular weight excluding hydrogens is 346 g/mol. The Kier molecular flexibility index (Phi) is 8.34. The van der Waals surface area contributed by atoms with Crippen LogP contribution in [-0.2, 0) is 13.3 Å². The lowest BCUT2D eigenvalue weighted by Crippen LogP contribution is -2.55. The van der Waals surface area contributed by atoms with Crippen molar-refractivity contribution in [1.82, 2.24) is 0 Å². The third-order valence-corrected chi connectivity index (χ3v) is 14.0. The smallest absolute Gasteiger partial charge is 0.397 e. The van der Waals surface area contributed by atoms with Gasteiger partial charge in [0, 0.05) is 39.6 Å². The highest BCUT2D eigenvalue weighted by Gasteiger charge is 2.41. The van der Waals surface area contributed by atoms with Crippen molar-refractivity contribution in [2.24, 2.45) is 0 Å². The number of anilines is 1. The van der Waals surface area contributed by atoms with Gasteiger partial charge >= 0.3 is 8.80 Å². The molecule has 4 nitrogen and oxygen atoms in total. The monoisotopic (exact) mass is 383 g/mol. The fraction of sp³-hybridized carbons (Fsp3) is 0.684. The molecule has 0 heterocycles. The minimum atomic E-state index is -2.46. The molecule has 144 valence electrons. The first-order valence-electron chi connectivity index (χ1n) is 9.11. The summed E-state index contributed by atoms with van der Waals surface area (Å²) < 4.78 is 19.3. The number of benzene rings is 1. The normalized spacial score (nSPS) is 13.1. The predicted molar refractivity (Wildman–Crippen MR) is 112 cm³/mol. The molecule has 1 rings (SSSR count). The molecule has 0 aliphatic rings. The van der Waals surface area contributed by atoms with Crippen LogP contribution in [0.3, 0.4) is 0 Å². The summed E-state index contributed by atoms with van der Waals surface area (Å²) in [6, 6.07) is 11.7. The summed E-state index contributed by atoms with van der Waals surface area (Å²) in [5.74, 6) is 0. The second-order valence-corrected chi connectivity index (χ2v) is 16.3. The lowest BCUT2D eigenvalue weighted by Gasteiger charge is -2.47. The first-order valence-corrected chi connectivity index (χ1v) is 14.0. The first kappa shape index (κ1) is 22.4. The van der Waals surface area contributed by atoms with Crippen LogP contribution in [0.1, 0.15) is 33.6 Å². The minimum Gasteiger partial charge on any atom is -0.397 e. The highest BCUT2D eigenvalue weighted by molar-refractivity contribution is 6.83. The Labute approximate surface area is 156 Å². The molecule has 1 aromatic rings. The fourth-order valence-corrected chi connectivity index (χ4v) is 7.03. The molecule has 0 aromatic heterocycles. The Morgan fingerprint density at radius 3 is 1.84 bits per heavy atom. The van der Waals surface area contributed by atoms with Crippen molar-refractivity contribution in [1.29, 1.82) is 0 Å². The molecule has 0 N–H and O–H groups in total. The average molecular weight is 384 g/mol. The van der Waals surface area contributed by atoms with Crippen molar-refractivity contribution in [2.45, 2.75) is 57.8 Å². The summed E-state index contributed by atoms with van der Waals surface area (Å²) in [5.41, 5.74) is 1.34. The molecule has 1 aromatic carbocycles. The lowest BCUT2D eigenvalue weighted by atomic mass is 10.2. The molecule has 0 saturated heterocycles. The van der Waals surface area contributed by atoms with Gasteiger partial charge in [-0.1, -0.05) is 52.1 Å². The SMILES string of the molecule is CO[Si](CCCCN(c1ccccc1)[Si](C)(C)C(C)(C)C)(OC)OC. The van der Waals surface area contributed by atoms with Gasteiger partial charge in [0.05, 0.1) is 0 Å². The van der Waals surface area contributed by atoms with Crippen molar-refractivity contribution in [3.8, 4) is 0 Å². The zero-order valence-electron chi connectivity index (χ0n) is 17.4. The van der Waals surface area contributed by atoms with Crippen LogP contribution in [0.15, 0.2) is 30.3 Å². The van der Waals surface area contributed by atoms with Gasteiger partial charge in [0.15, 0.2) is 8.24 Å². The van der Waals surface area contributed by atoms with E-state index in [2.05, 4.69) is 68.8 Å². The molecule has 0 aliphatic carbocycles. The molecule has 0 atom stereocenters. The quantitative estimate of drug-likeness (QED) is 0.413. The van der Waals surface area contributed by atoms with E-state index in [9.17, 15) is 0 Å². The van der Waals surface area contributed by atoms with E-state index in [1.54, 1.807) is 21.3 Å². The topological polar surface area (TPSA) is 30.9 Å². The summed E-state index contributed by atoms with van der Waals surface area (Å²) in [5, 5.41) is 0.299. The number of rotatable bonds is 10. The summed E-state index contributed by atoms with van der Waals surface area (Å²) >= 11 is 0. The maximum atomic E-state index is 5.54. The molecule has 0 fully saturated rings. The van der Waals surface area contributed by atoms with E-state index < -0.39 is 17.0 Å². The van der Waals surface area contributed by atoms with Gasteiger partial charge in [-0.15, -0.1) is 0 Å². The molecule has 0 saturated carbocycles. The van der Waals surface area contributed by atoms with E-state index in [0.717, 1.165) is 25.4 Å². The third kappa shape index (κ3) is 5.66. The number of para-hydroxylation sites is 1. The maximum Gasteiger partial charge on any atom is 0.500 e. The van der Waals surface area contributed by atoms with Crippen LogP contribution in [0.25, 0.3) is 0 Å². The van der Waals surface area contributed by atoms with E-state index >= 15 is 0 Å². The van der Waals surface area contributed by atoms with Crippen LogP contribution >= 0.6 is 0 Å². The van der Waals surface area contributed by atoms with Crippen molar-refractivity contribution < 1.29 is 13.3 Å². The van der Waals surface area contributed by atoms with Gasteiger partial charge in [-0.05, 0) is 30.0 Å². The van der Waals surface area contributed by atoms with Gasteiger partial charge in [0.25, 0.3) is 0 Å². The van der Waals surface area contributed by atoms with E-state index in [1.807, 2.05) is 0 Å². The number of unbranched alkanes of at least 4 members (excludes halogenated alkanes) is 1. The van der Waals surface area contributed by atoms with Crippen LogP contribution < -0.4 is 4.57 Å². The summed E-state index contributed by atoms with van der Waals surface area (Å²) in [6.07, 6.45) is 2.14. The van der Waals surface area contributed by atoms with Gasteiger partial charge in [-0.25, -0.2) is 0 Å². The number of nitrogens with zero attached hydrogens (tertiary/aromatic N) is 1. The highest BCUT2D eigenvalue weighted by Crippen LogP contribution is 2.40. The van der Waals surface area contributed by atoms with Gasteiger partial charge in [-0.3, -0.25) is 0 Å². The number of hydrogen-bond acceptors (Lipinski definition) is 4. The molecule has 0 bridgehead atoms. The molecular formula is C19H37NO3Si2. The second kappa shape index (κ2) is 9.32. The Hall–Kier alpha value is -0.666. The van der Waals surface area contributed by atoms with Crippen LogP contribution in [0.4, 0.5) is 5.69 Å². The van der Waals surface area contributed by atoms with Crippen LogP contribution in [0.5, 0.6) is 0 Å².